The van der Waals surface area contributed by atoms with Crippen LogP contribution in [0.4, 0.5) is 18.0 Å². The Kier molecular flexibility index (Phi) is 11.5. The molecule has 0 radical (unpaired) electrons. The molecular formula is C36H38Cl2F3N5O5. The summed E-state index contributed by atoms with van der Waals surface area (Å²) in [6.07, 6.45) is -4.72. The number of urea groups is 1. The van der Waals surface area contributed by atoms with Crippen molar-refractivity contribution in [2.45, 2.75) is 37.6 Å². The highest BCUT2D eigenvalue weighted by Gasteiger charge is 2.45. The molecule has 3 aromatic rings. The highest BCUT2D eigenvalue weighted by Crippen LogP contribution is 2.46. The first kappa shape index (κ1) is 37.1. The van der Waals surface area contributed by atoms with E-state index in [2.05, 4.69) is 0 Å². The van der Waals surface area contributed by atoms with Gasteiger partial charge >= 0.3 is 12.2 Å². The Morgan fingerprint density at radius 2 is 1.59 bits per heavy atom. The minimum absolute atomic E-state index is 0.0487. The molecule has 3 aliphatic rings. The zero-order valence-electron chi connectivity index (χ0n) is 28.1. The van der Waals surface area contributed by atoms with Crippen LogP contribution in [0, 0.1) is 0 Å². The third-order valence-electron chi connectivity index (χ3n) is 9.21. The van der Waals surface area contributed by atoms with Crippen molar-refractivity contribution in [2.75, 3.05) is 59.6 Å². The number of hydrogen-bond acceptors (Lipinski definition) is 8. The molecule has 3 unspecified atom stereocenters. The molecule has 0 bridgehead atoms. The lowest BCUT2D eigenvalue weighted by atomic mass is 9.93. The Hall–Kier alpha value is -3.72. The number of alkyl halides is 3. The van der Waals surface area contributed by atoms with E-state index in [0.29, 0.717) is 48.5 Å². The molecule has 272 valence electrons. The first-order valence-corrected chi connectivity index (χ1v) is 17.4. The van der Waals surface area contributed by atoms with Crippen LogP contribution in [0.25, 0.3) is 0 Å². The predicted octanol–water partition coefficient (Wildman–Crippen LogP) is 6.52. The minimum atomic E-state index is -4.61. The average Bonchev–Trinajstić information content (AvgIpc) is 3.77. The van der Waals surface area contributed by atoms with Crippen LogP contribution in [0.3, 0.4) is 0 Å². The van der Waals surface area contributed by atoms with E-state index in [1.807, 2.05) is 41.1 Å². The van der Waals surface area contributed by atoms with E-state index in [4.69, 9.17) is 42.4 Å². The third kappa shape index (κ3) is 8.19. The number of ether oxygens (including phenoxy) is 3. The zero-order valence-corrected chi connectivity index (χ0v) is 29.6. The number of likely N-dealkylation sites (N-methyl/N-ethyl adjacent to an activating group) is 1. The number of aliphatic imine (C=N–C) groups is 1. The molecule has 3 aliphatic heterocycles. The van der Waals surface area contributed by atoms with E-state index in [-0.39, 0.29) is 36.8 Å². The molecule has 3 aromatic carbocycles. The highest BCUT2D eigenvalue weighted by molar-refractivity contribution is 6.30. The summed E-state index contributed by atoms with van der Waals surface area (Å²) in [4.78, 5) is 39.2. The fraction of sp³-hybridized carbons (Fsp3) is 0.417. The number of amidine groups is 1. The van der Waals surface area contributed by atoms with Crippen LogP contribution < -0.4 is 4.74 Å². The van der Waals surface area contributed by atoms with Gasteiger partial charge in [-0.15, -0.1) is 0 Å². The summed E-state index contributed by atoms with van der Waals surface area (Å²) in [6, 6.07) is 15.6. The van der Waals surface area contributed by atoms with Gasteiger partial charge in [-0.25, -0.2) is 4.79 Å². The highest BCUT2D eigenvalue weighted by atomic mass is 35.5. The summed E-state index contributed by atoms with van der Waals surface area (Å²) >= 11 is 12.5. The summed E-state index contributed by atoms with van der Waals surface area (Å²) in [5.41, 5.74) is 0.820. The van der Waals surface area contributed by atoms with E-state index in [1.165, 1.54) is 6.07 Å². The number of benzene rings is 3. The van der Waals surface area contributed by atoms with Crippen molar-refractivity contribution >= 4 is 41.4 Å². The summed E-state index contributed by atoms with van der Waals surface area (Å²) in [6.45, 7) is 4.51. The Morgan fingerprint density at radius 3 is 2.16 bits per heavy atom. The largest absolute Gasteiger partial charge is 0.493 e. The minimum Gasteiger partial charge on any atom is -0.493 e. The number of amides is 2. The number of hydrogen-bond donors (Lipinski definition) is 0. The van der Waals surface area contributed by atoms with Gasteiger partial charge in [-0.05, 0) is 67.6 Å². The topological polar surface area (TPSA) is 87.2 Å². The van der Waals surface area contributed by atoms with Crippen LogP contribution in [-0.2, 0) is 20.4 Å². The Morgan fingerprint density at radius 1 is 0.980 bits per heavy atom. The quantitative estimate of drug-likeness (QED) is 0.218. The Labute approximate surface area is 304 Å². The average molecular weight is 749 g/mol. The fourth-order valence-electron chi connectivity index (χ4n) is 6.67. The van der Waals surface area contributed by atoms with Crippen molar-refractivity contribution in [3.63, 3.8) is 0 Å². The maximum Gasteiger partial charge on any atom is 0.416 e. The molecule has 3 heterocycles. The van der Waals surface area contributed by atoms with Gasteiger partial charge in [-0.2, -0.15) is 13.2 Å². The van der Waals surface area contributed by atoms with Crippen molar-refractivity contribution < 1.29 is 37.0 Å². The number of halogens is 5. The van der Waals surface area contributed by atoms with E-state index in [1.54, 1.807) is 41.0 Å². The summed E-state index contributed by atoms with van der Waals surface area (Å²) in [5, 5.41) is 1.01. The molecule has 0 spiro atoms. The molecule has 51 heavy (non-hydrogen) atoms. The van der Waals surface area contributed by atoms with Crippen LogP contribution in [0.1, 0.15) is 41.3 Å². The number of nitrogens with zero attached hydrogens (tertiary/aromatic N) is 5. The van der Waals surface area contributed by atoms with Crippen LogP contribution in [0.5, 0.6) is 5.75 Å². The smallest absolute Gasteiger partial charge is 0.416 e. The zero-order chi connectivity index (χ0) is 36.3. The molecule has 2 amide bonds. The van der Waals surface area contributed by atoms with Crippen LogP contribution in [0.2, 0.25) is 10.0 Å². The molecule has 0 saturated carbocycles. The standard InChI is InChI=1S/C36H38Cl2F3N5O5/c1-3-49-29-20-25(36(39,40)41)8-13-28(29)34-42-32(23-4-9-26(37)10-5-23)33(24-6-11-27(38)12-7-24)46(34)35(48)45-16-14-44(15-17-45)30(22-47)43(2)21-31-50-18-19-51-31/h4-13,20,22,30-33H,3,14-19,21H2,1-2H3. The van der Waals surface area contributed by atoms with E-state index in [9.17, 15) is 22.8 Å². The monoisotopic (exact) mass is 747 g/mol. The lowest BCUT2D eigenvalue weighted by Gasteiger charge is -2.42. The van der Waals surface area contributed by atoms with Gasteiger partial charge in [0.2, 0.25) is 0 Å². The first-order chi connectivity index (χ1) is 24.5. The number of carbonyl (C=O) groups is 2. The SMILES string of the molecule is CCOc1cc(C(F)(F)F)ccc1C1=NC(c2ccc(Cl)cc2)C(c2ccc(Cl)cc2)N1C(=O)N1CCN(C(C=O)N(C)CC2OCCO2)CC1. The molecule has 0 aliphatic carbocycles. The molecule has 2 fully saturated rings. The van der Waals surface area contributed by atoms with Crippen molar-refractivity contribution in [1.29, 1.82) is 0 Å². The summed E-state index contributed by atoms with van der Waals surface area (Å²) in [5.74, 6) is 0.119. The number of piperazine rings is 1. The molecule has 15 heteroatoms. The first-order valence-electron chi connectivity index (χ1n) is 16.6. The second-order valence-corrected chi connectivity index (χ2v) is 13.3. The van der Waals surface area contributed by atoms with Crippen LogP contribution >= 0.6 is 23.2 Å². The third-order valence-corrected chi connectivity index (χ3v) is 9.71. The van der Waals surface area contributed by atoms with Gasteiger partial charge in [0, 0.05) is 36.2 Å². The van der Waals surface area contributed by atoms with Gasteiger partial charge in [0.1, 0.15) is 23.8 Å². The van der Waals surface area contributed by atoms with Gasteiger partial charge in [-0.1, -0.05) is 47.5 Å². The second kappa shape index (κ2) is 15.9. The van der Waals surface area contributed by atoms with Crippen molar-refractivity contribution in [2.24, 2.45) is 4.99 Å². The predicted molar refractivity (Wildman–Crippen MR) is 186 cm³/mol. The number of aldehydes is 1. The maximum atomic E-state index is 14.8. The second-order valence-electron chi connectivity index (χ2n) is 12.4. The van der Waals surface area contributed by atoms with Crippen molar-refractivity contribution in [3.8, 4) is 5.75 Å². The lowest BCUT2D eigenvalue weighted by Crippen LogP contribution is -2.59. The molecule has 0 N–H and O–H groups in total. The number of rotatable bonds is 10. The van der Waals surface area contributed by atoms with Gasteiger partial charge in [0.05, 0.1) is 43.5 Å². The van der Waals surface area contributed by atoms with Crippen LogP contribution in [0.15, 0.2) is 71.7 Å². The van der Waals surface area contributed by atoms with E-state index < -0.39 is 42.3 Å². The van der Waals surface area contributed by atoms with Gasteiger partial charge in [0.15, 0.2) is 12.6 Å². The maximum absolute atomic E-state index is 14.8. The molecule has 3 atom stereocenters. The normalized spacial score (nSPS) is 20.9. The molecule has 6 rings (SSSR count). The van der Waals surface area contributed by atoms with Crippen molar-refractivity contribution in [1.82, 2.24) is 19.6 Å². The van der Waals surface area contributed by atoms with E-state index >= 15 is 0 Å². The van der Waals surface area contributed by atoms with Crippen molar-refractivity contribution in [3.05, 3.63) is 99.0 Å². The van der Waals surface area contributed by atoms with Gasteiger partial charge in [0.25, 0.3) is 0 Å². The lowest BCUT2D eigenvalue weighted by molar-refractivity contribution is -0.137. The van der Waals surface area contributed by atoms with E-state index in [0.717, 1.165) is 24.0 Å². The Balaban J connectivity index is 1.37. The Bertz CT molecular complexity index is 1720. The van der Waals surface area contributed by atoms with Gasteiger partial charge < -0.3 is 23.9 Å². The number of carbonyl (C=O) groups excluding carboxylic acids is 2. The molecule has 2 saturated heterocycles. The summed E-state index contributed by atoms with van der Waals surface area (Å²) < 4.78 is 58.4. The van der Waals surface area contributed by atoms with Crippen LogP contribution in [-0.4, -0.2) is 110 Å². The van der Waals surface area contributed by atoms with Gasteiger partial charge in [-0.3, -0.25) is 19.7 Å². The molecule has 0 aromatic heterocycles. The summed E-state index contributed by atoms with van der Waals surface area (Å²) in [7, 11) is 1.82. The molecule has 10 nitrogen and oxygen atoms in total. The fourth-order valence-corrected chi connectivity index (χ4v) is 6.92. The molecular weight excluding hydrogens is 710 g/mol.